The van der Waals surface area contributed by atoms with Gasteiger partial charge in [-0.15, -0.1) is 4.40 Å². The van der Waals surface area contributed by atoms with Gasteiger partial charge in [-0.2, -0.15) is 8.42 Å². The summed E-state index contributed by atoms with van der Waals surface area (Å²) in [6, 6.07) is 15.1. The Bertz CT molecular complexity index is 1200. The summed E-state index contributed by atoms with van der Waals surface area (Å²) in [5.74, 6) is 1.40. The van der Waals surface area contributed by atoms with Crippen LogP contribution in [0.3, 0.4) is 0 Å². The normalized spacial score (nSPS) is 22.0. The molecule has 9 heteroatoms. The number of rotatable bonds is 5. The van der Waals surface area contributed by atoms with E-state index in [9.17, 15) is 13.2 Å². The van der Waals surface area contributed by atoms with E-state index in [1.807, 2.05) is 28.0 Å². The summed E-state index contributed by atoms with van der Waals surface area (Å²) < 4.78 is 34.2. The maximum Gasteiger partial charge on any atom is 0.285 e. The summed E-state index contributed by atoms with van der Waals surface area (Å²) in [6.45, 7) is 5.41. The number of piperazine rings is 1. The molecule has 0 aliphatic carbocycles. The quantitative estimate of drug-likeness (QED) is 0.632. The number of ether oxygens (including phenoxy) is 1. The molecule has 2 aromatic carbocycles. The summed E-state index contributed by atoms with van der Waals surface area (Å²) in [4.78, 5) is 20.0. The van der Waals surface area contributed by atoms with Crippen molar-refractivity contribution < 1.29 is 17.9 Å². The van der Waals surface area contributed by atoms with Gasteiger partial charge >= 0.3 is 0 Å². The Kier molecular flexibility index (Phi) is 6.80. The van der Waals surface area contributed by atoms with Crippen LogP contribution in [0.5, 0.6) is 5.75 Å². The molecule has 0 bridgehead atoms. The molecule has 2 fully saturated rings. The lowest BCUT2D eigenvalue weighted by atomic mass is 9.95. The Hall–Kier alpha value is -2.91. The highest BCUT2D eigenvalue weighted by Gasteiger charge is 2.36. The molecule has 1 unspecified atom stereocenters. The van der Waals surface area contributed by atoms with E-state index >= 15 is 0 Å². The first-order valence-corrected chi connectivity index (χ1v) is 13.7. The molecular formula is C26H32N4O4S. The van der Waals surface area contributed by atoms with Crippen molar-refractivity contribution in [2.24, 2.45) is 10.3 Å². The molecule has 186 valence electrons. The van der Waals surface area contributed by atoms with Gasteiger partial charge in [0.1, 0.15) is 10.6 Å². The van der Waals surface area contributed by atoms with Crippen molar-refractivity contribution in [3.05, 3.63) is 59.7 Å². The van der Waals surface area contributed by atoms with Gasteiger partial charge in [0.2, 0.25) is 5.91 Å². The lowest BCUT2D eigenvalue weighted by Crippen LogP contribution is -2.53. The van der Waals surface area contributed by atoms with Crippen LogP contribution in [0, 0.1) is 5.92 Å². The Morgan fingerprint density at radius 1 is 1.03 bits per heavy atom. The first-order chi connectivity index (χ1) is 16.9. The van der Waals surface area contributed by atoms with Crippen molar-refractivity contribution in [2.45, 2.75) is 24.2 Å². The van der Waals surface area contributed by atoms with Crippen molar-refractivity contribution >= 4 is 21.8 Å². The van der Waals surface area contributed by atoms with Gasteiger partial charge in [-0.3, -0.25) is 9.69 Å². The molecule has 1 amide bonds. The number of hydrogen-bond acceptors (Lipinski definition) is 6. The van der Waals surface area contributed by atoms with Crippen LogP contribution in [0.2, 0.25) is 0 Å². The Morgan fingerprint density at radius 3 is 2.51 bits per heavy atom. The number of piperidine rings is 1. The first-order valence-electron chi connectivity index (χ1n) is 12.3. The van der Waals surface area contributed by atoms with E-state index in [0.29, 0.717) is 24.5 Å². The number of amides is 1. The fourth-order valence-corrected chi connectivity index (χ4v) is 6.44. The van der Waals surface area contributed by atoms with E-state index in [4.69, 9.17) is 4.74 Å². The number of likely N-dealkylation sites (tertiary alicyclic amines) is 1. The maximum atomic E-state index is 13.3. The molecule has 3 aliphatic rings. The Morgan fingerprint density at radius 2 is 1.77 bits per heavy atom. The van der Waals surface area contributed by atoms with E-state index < -0.39 is 10.0 Å². The standard InChI is InChI=1S/C26H32N4O4S/c1-34-22-10-8-20(9-11-22)12-14-28-15-17-29(18-16-28)26(31)21-5-4-13-30(19-21)25-23-6-2-3-7-24(23)35(32,33)27-25/h2-3,6-11,21H,4-5,12-19H2,1H3. The molecule has 3 heterocycles. The van der Waals surface area contributed by atoms with Gasteiger partial charge in [0.05, 0.1) is 13.0 Å². The summed E-state index contributed by atoms with van der Waals surface area (Å²) >= 11 is 0. The second-order valence-electron chi connectivity index (χ2n) is 9.44. The Balaban J connectivity index is 1.15. The van der Waals surface area contributed by atoms with Crippen molar-refractivity contribution in [1.29, 1.82) is 0 Å². The molecule has 0 N–H and O–H groups in total. The minimum atomic E-state index is -3.66. The minimum Gasteiger partial charge on any atom is -0.497 e. The number of benzene rings is 2. The van der Waals surface area contributed by atoms with Crippen LogP contribution in [0.15, 0.2) is 57.8 Å². The molecule has 2 saturated heterocycles. The molecule has 3 aliphatic heterocycles. The molecule has 0 radical (unpaired) electrons. The zero-order valence-corrected chi connectivity index (χ0v) is 20.9. The predicted molar refractivity (Wildman–Crippen MR) is 134 cm³/mol. The average Bonchev–Trinajstić information content (AvgIpc) is 3.18. The number of amidine groups is 1. The predicted octanol–water partition coefficient (Wildman–Crippen LogP) is 2.24. The smallest absolute Gasteiger partial charge is 0.285 e. The highest BCUT2D eigenvalue weighted by molar-refractivity contribution is 7.90. The molecule has 2 aromatic rings. The van der Waals surface area contributed by atoms with E-state index in [1.54, 1.807) is 25.3 Å². The molecular weight excluding hydrogens is 464 g/mol. The number of methoxy groups -OCH3 is 1. The number of carbonyl (C=O) groups excluding carboxylic acids is 1. The van der Waals surface area contributed by atoms with E-state index in [-0.39, 0.29) is 16.7 Å². The van der Waals surface area contributed by atoms with Gasteiger partial charge in [0.15, 0.2) is 5.84 Å². The number of sulfonamides is 1. The molecule has 0 saturated carbocycles. The fourth-order valence-electron chi connectivity index (χ4n) is 5.22. The molecule has 8 nitrogen and oxygen atoms in total. The van der Waals surface area contributed by atoms with Crippen molar-refractivity contribution in [3.8, 4) is 5.75 Å². The summed E-state index contributed by atoms with van der Waals surface area (Å²) in [7, 11) is -1.98. The van der Waals surface area contributed by atoms with E-state index in [1.165, 1.54) is 5.56 Å². The lowest BCUT2D eigenvalue weighted by Gasteiger charge is -2.39. The van der Waals surface area contributed by atoms with Crippen molar-refractivity contribution in [3.63, 3.8) is 0 Å². The third-order valence-corrected chi connectivity index (χ3v) is 8.57. The first kappa shape index (κ1) is 23.8. The zero-order chi connectivity index (χ0) is 24.4. The minimum absolute atomic E-state index is 0.132. The van der Waals surface area contributed by atoms with Crippen LogP contribution in [0.4, 0.5) is 0 Å². The number of carbonyl (C=O) groups is 1. The lowest BCUT2D eigenvalue weighted by molar-refractivity contribution is -0.138. The van der Waals surface area contributed by atoms with Crippen LogP contribution >= 0.6 is 0 Å². The van der Waals surface area contributed by atoms with Crippen molar-refractivity contribution in [2.75, 3.05) is 52.9 Å². The number of fused-ring (bicyclic) bond motifs is 1. The Labute approximate surface area is 207 Å². The van der Waals surface area contributed by atoms with Gasteiger partial charge in [0.25, 0.3) is 10.0 Å². The topological polar surface area (TPSA) is 82.5 Å². The van der Waals surface area contributed by atoms with Crippen LogP contribution in [0.1, 0.15) is 24.0 Å². The van der Waals surface area contributed by atoms with Gasteiger partial charge in [0, 0.05) is 51.4 Å². The third kappa shape index (κ3) is 5.06. The second kappa shape index (κ2) is 9.99. The molecule has 35 heavy (non-hydrogen) atoms. The SMILES string of the molecule is COc1ccc(CCN2CCN(C(=O)C3CCCN(C4=NS(=O)(=O)c5ccccc54)C3)CC2)cc1. The van der Waals surface area contributed by atoms with E-state index in [2.05, 4.69) is 21.4 Å². The summed E-state index contributed by atoms with van der Waals surface area (Å²) in [5, 5.41) is 0. The summed E-state index contributed by atoms with van der Waals surface area (Å²) in [5.41, 5.74) is 1.93. The van der Waals surface area contributed by atoms with Crippen LogP contribution in [0.25, 0.3) is 0 Å². The van der Waals surface area contributed by atoms with Crippen LogP contribution in [-0.4, -0.2) is 87.8 Å². The maximum absolute atomic E-state index is 13.3. The molecule has 1 atom stereocenters. The van der Waals surface area contributed by atoms with Gasteiger partial charge in [-0.05, 0) is 49.1 Å². The molecule has 0 aromatic heterocycles. The summed E-state index contributed by atoms with van der Waals surface area (Å²) in [6.07, 6.45) is 2.65. The number of hydrogen-bond donors (Lipinski definition) is 0. The van der Waals surface area contributed by atoms with Crippen molar-refractivity contribution in [1.82, 2.24) is 14.7 Å². The average molecular weight is 497 g/mol. The fraction of sp³-hybridized carbons (Fsp3) is 0.462. The zero-order valence-electron chi connectivity index (χ0n) is 20.1. The highest BCUT2D eigenvalue weighted by atomic mass is 32.2. The van der Waals surface area contributed by atoms with Crippen LogP contribution in [-0.2, 0) is 21.2 Å². The molecule has 0 spiro atoms. The second-order valence-corrected chi connectivity index (χ2v) is 11.0. The number of nitrogens with zero attached hydrogens (tertiary/aromatic N) is 4. The van der Waals surface area contributed by atoms with Gasteiger partial charge < -0.3 is 14.5 Å². The highest BCUT2D eigenvalue weighted by Crippen LogP contribution is 2.30. The van der Waals surface area contributed by atoms with Gasteiger partial charge in [-0.1, -0.05) is 24.3 Å². The third-order valence-electron chi connectivity index (χ3n) is 7.24. The largest absolute Gasteiger partial charge is 0.497 e. The monoisotopic (exact) mass is 496 g/mol. The van der Waals surface area contributed by atoms with E-state index in [0.717, 1.165) is 57.7 Å². The van der Waals surface area contributed by atoms with Gasteiger partial charge in [-0.25, -0.2) is 0 Å². The molecule has 5 rings (SSSR count). The van der Waals surface area contributed by atoms with Crippen LogP contribution < -0.4 is 4.74 Å².